The molecule has 0 unspecified atom stereocenters. The summed E-state index contributed by atoms with van der Waals surface area (Å²) in [6.07, 6.45) is 4.30. The molecule has 2 heterocycles. The van der Waals surface area contributed by atoms with Crippen molar-refractivity contribution in [3.8, 4) is 0 Å². The third-order valence-corrected chi connectivity index (χ3v) is 6.56. The molecule has 0 radical (unpaired) electrons. The molecule has 25 heavy (non-hydrogen) atoms. The standard InChI is InChI=1S/C19H27N3O2S/c1-20-11-10-19(9-8-17(20)23)14-22(13-12-21(19)2)18(24)15-6-4-5-7-16(15)25-3/h4-7H,8-14H2,1-3H3/t19-/m1/s1. The van der Waals surface area contributed by atoms with Crippen LogP contribution in [0.15, 0.2) is 29.2 Å². The van der Waals surface area contributed by atoms with E-state index < -0.39 is 0 Å². The molecule has 1 atom stereocenters. The molecule has 0 N–H and O–H groups in total. The summed E-state index contributed by atoms with van der Waals surface area (Å²) in [6, 6.07) is 7.82. The van der Waals surface area contributed by atoms with Crippen molar-refractivity contribution in [3.63, 3.8) is 0 Å². The second kappa shape index (κ2) is 7.38. The fourth-order valence-corrected chi connectivity index (χ4v) is 4.51. The number of thioether (sulfide) groups is 1. The Morgan fingerprint density at radius 3 is 2.64 bits per heavy atom. The third-order valence-electron chi connectivity index (χ3n) is 5.77. The smallest absolute Gasteiger partial charge is 0.255 e. The van der Waals surface area contributed by atoms with Gasteiger partial charge in [0.05, 0.1) is 5.56 Å². The highest BCUT2D eigenvalue weighted by atomic mass is 32.2. The van der Waals surface area contributed by atoms with E-state index in [9.17, 15) is 9.59 Å². The third kappa shape index (κ3) is 3.55. The van der Waals surface area contributed by atoms with Crippen molar-refractivity contribution in [2.45, 2.75) is 29.7 Å². The van der Waals surface area contributed by atoms with Gasteiger partial charge in [-0.2, -0.15) is 0 Å². The summed E-state index contributed by atoms with van der Waals surface area (Å²) in [6.45, 7) is 3.05. The van der Waals surface area contributed by atoms with Gasteiger partial charge in [0.1, 0.15) is 0 Å². The highest BCUT2D eigenvalue weighted by Gasteiger charge is 2.43. The van der Waals surface area contributed by atoms with Gasteiger partial charge < -0.3 is 9.80 Å². The summed E-state index contributed by atoms with van der Waals surface area (Å²) in [4.78, 5) is 32.4. The number of carbonyl (C=O) groups is 2. The first-order valence-electron chi connectivity index (χ1n) is 8.84. The van der Waals surface area contributed by atoms with E-state index in [4.69, 9.17) is 0 Å². The fourth-order valence-electron chi connectivity index (χ4n) is 3.92. The summed E-state index contributed by atoms with van der Waals surface area (Å²) >= 11 is 1.61. The Labute approximate surface area is 154 Å². The first-order chi connectivity index (χ1) is 12.0. The van der Waals surface area contributed by atoms with Crippen LogP contribution >= 0.6 is 11.8 Å². The van der Waals surface area contributed by atoms with Crippen LogP contribution in [0.3, 0.4) is 0 Å². The predicted molar refractivity (Wildman–Crippen MR) is 101 cm³/mol. The zero-order chi connectivity index (χ0) is 18.0. The second-order valence-corrected chi connectivity index (χ2v) is 7.99. The Morgan fingerprint density at radius 2 is 1.88 bits per heavy atom. The maximum Gasteiger partial charge on any atom is 0.255 e. The van der Waals surface area contributed by atoms with Crippen molar-refractivity contribution in [3.05, 3.63) is 29.8 Å². The van der Waals surface area contributed by atoms with Gasteiger partial charge in [0.25, 0.3) is 5.91 Å². The van der Waals surface area contributed by atoms with E-state index in [2.05, 4.69) is 11.9 Å². The Morgan fingerprint density at radius 1 is 1.12 bits per heavy atom. The Balaban J connectivity index is 1.82. The number of amides is 2. The average Bonchev–Trinajstić information content (AvgIpc) is 2.78. The molecule has 0 aliphatic carbocycles. The zero-order valence-corrected chi connectivity index (χ0v) is 16.1. The van der Waals surface area contributed by atoms with Crippen molar-refractivity contribution in [2.24, 2.45) is 0 Å². The lowest BCUT2D eigenvalue weighted by Gasteiger charge is -2.49. The maximum atomic E-state index is 13.1. The molecule has 0 aromatic heterocycles. The van der Waals surface area contributed by atoms with Crippen molar-refractivity contribution >= 4 is 23.6 Å². The van der Waals surface area contributed by atoms with E-state index in [0.717, 1.165) is 42.9 Å². The topological polar surface area (TPSA) is 43.9 Å². The number of piperazine rings is 1. The molecule has 2 aliphatic rings. The minimum atomic E-state index is -0.0946. The first kappa shape index (κ1) is 18.3. The molecule has 2 amide bonds. The highest BCUT2D eigenvalue weighted by molar-refractivity contribution is 7.98. The number of likely N-dealkylation sites (tertiary alicyclic amines) is 1. The molecule has 1 spiro atoms. The van der Waals surface area contributed by atoms with Gasteiger partial charge in [0.15, 0.2) is 0 Å². The summed E-state index contributed by atoms with van der Waals surface area (Å²) in [5.41, 5.74) is 0.694. The second-order valence-electron chi connectivity index (χ2n) is 7.14. The molecule has 2 aliphatic heterocycles. The van der Waals surface area contributed by atoms with Gasteiger partial charge in [-0.05, 0) is 38.3 Å². The Hall–Kier alpha value is -1.53. The van der Waals surface area contributed by atoms with Crippen LogP contribution in [0, 0.1) is 0 Å². The number of carbonyl (C=O) groups excluding carboxylic acids is 2. The largest absolute Gasteiger partial charge is 0.346 e. The summed E-state index contributed by atoms with van der Waals surface area (Å²) in [5.74, 6) is 0.322. The van der Waals surface area contributed by atoms with Gasteiger partial charge in [-0.3, -0.25) is 14.5 Å². The molecule has 136 valence electrons. The molecule has 0 bridgehead atoms. The van der Waals surface area contributed by atoms with Crippen LogP contribution in [0.5, 0.6) is 0 Å². The van der Waals surface area contributed by atoms with Crippen molar-refractivity contribution in [2.75, 3.05) is 46.5 Å². The van der Waals surface area contributed by atoms with Crippen LogP contribution in [-0.2, 0) is 4.79 Å². The molecule has 5 nitrogen and oxygen atoms in total. The van der Waals surface area contributed by atoms with Crippen LogP contribution < -0.4 is 0 Å². The average molecular weight is 362 g/mol. The normalized spacial score (nSPS) is 25.3. The lowest BCUT2D eigenvalue weighted by molar-refractivity contribution is -0.129. The van der Waals surface area contributed by atoms with Crippen molar-refractivity contribution < 1.29 is 9.59 Å². The van der Waals surface area contributed by atoms with Gasteiger partial charge in [-0.1, -0.05) is 12.1 Å². The van der Waals surface area contributed by atoms with Gasteiger partial charge in [-0.25, -0.2) is 0 Å². The molecular weight excluding hydrogens is 334 g/mol. The molecule has 2 saturated heterocycles. The molecule has 2 fully saturated rings. The highest BCUT2D eigenvalue weighted by Crippen LogP contribution is 2.33. The Bertz CT molecular complexity index is 666. The monoisotopic (exact) mass is 361 g/mol. The maximum absolute atomic E-state index is 13.1. The van der Waals surface area contributed by atoms with Crippen LogP contribution in [0.25, 0.3) is 0 Å². The molecule has 3 rings (SSSR count). The minimum absolute atomic E-state index is 0.0946. The summed E-state index contributed by atoms with van der Waals surface area (Å²) < 4.78 is 0. The van der Waals surface area contributed by atoms with E-state index >= 15 is 0 Å². The van der Waals surface area contributed by atoms with E-state index in [1.807, 2.05) is 47.4 Å². The molecule has 0 saturated carbocycles. The van der Waals surface area contributed by atoms with E-state index in [1.54, 1.807) is 11.8 Å². The number of hydrogen-bond acceptors (Lipinski definition) is 4. The summed E-state index contributed by atoms with van der Waals surface area (Å²) in [5, 5.41) is 0. The van der Waals surface area contributed by atoms with Gasteiger partial charge in [0.2, 0.25) is 5.91 Å². The van der Waals surface area contributed by atoms with Gasteiger partial charge in [0, 0.05) is 50.1 Å². The van der Waals surface area contributed by atoms with E-state index in [-0.39, 0.29) is 17.4 Å². The van der Waals surface area contributed by atoms with Crippen molar-refractivity contribution in [1.29, 1.82) is 0 Å². The number of benzene rings is 1. The number of likely N-dealkylation sites (N-methyl/N-ethyl adjacent to an activating group) is 1. The fraction of sp³-hybridized carbons (Fsp3) is 0.579. The molecule has 6 heteroatoms. The van der Waals surface area contributed by atoms with Crippen LogP contribution in [-0.4, -0.2) is 78.6 Å². The SMILES string of the molecule is CSc1ccccc1C(=O)N1CCN(C)[C@@]2(CCC(=O)N(C)CC2)C1. The van der Waals surface area contributed by atoms with Gasteiger partial charge in [-0.15, -0.1) is 11.8 Å². The molecular formula is C19H27N3O2S. The summed E-state index contributed by atoms with van der Waals surface area (Å²) in [7, 11) is 4.01. The lowest BCUT2D eigenvalue weighted by Crippen LogP contribution is -2.62. The van der Waals surface area contributed by atoms with Crippen LogP contribution in [0.1, 0.15) is 29.6 Å². The number of hydrogen-bond donors (Lipinski definition) is 0. The molecule has 1 aromatic rings. The minimum Gasteiger partial charge on any atom is -0.346 e. The van der Waals surface area contributed by atoms with E-state index in [1.165, 1.54) is 0 Å². The molecule has 1 aromatic carbocycles. The number of nitrogens with zero attached hydrogens (tertiary/aromatic N) is 3. The number of rotatable bonds is 2. The first-order valence-corrected chi connectivity index (χ1v) is 10.1. The predicted octanol–water partition coefficient (Wildman–Crippen LogP) is 2.18. The Kier molecular flexibility index (Phi) is 5.39. The van der Waals surface area contributed by atoms with Crippen LogP contribution in [0.4, 0.5) is 0 Å². The van der Waals surface area contributed by atoms with E-state index in [0.29, 0.717) is 13.0 Å². The quantitative estimate of drug-likeness (QED) is 0.758. The van der Waals surface area contributed by atoms with Gasteiger partial charge >= 0.3 is 0 Å². The van der Waals surface area contributed by atoms with Crippen LogP contribution in [0.2, 0.25) is 0 Å². The lowest BCUT2D eigenvalue weighted by atomic mass is 9.86. The zero-order valence-electron chi connectivity index (χ0n) is 15.3. The van der Waals surface area contributed by atoms with Crippen molar-refractivity contribution in [1.82, 2.24) is 14.7 Å².